The Balaban J connectivity index is 2.33. The zero-order valence-electron chi connectivity index (χ0n) is 10.5. The van der Waals surface area contributed by atoms with E-state index in [1.807, 2.05) is 0 Å². The van der Waals surface area contributed by atoms with Gasteiger partial charge in [-0.1, -0.05) is 6.07 Å². The van der Waals surface area contributed by atoms with E-state index in [4.69, 9.17) is 10.5 Å². The number of nitrogens with two attached hydrogens (primary N) is 1. The van der Waals surface area contributed by atoms with E-state index in [1.54, 1.807) is 6.07 Å². The fraction of sp³-hybridized carbons (Fsp3) is 0.417. The van der Waals surface area contributed by atoms with Gasteiger partial charge in [0, 0.05) is 12.6 Å². The maximum absolute atomic E-state index is 11.4. The summed E-state index contributed by atoms with van der Waals surface area (Å²) in [6, 6.07) is 5.71. The van der Waals surface area contributed by atoms with Crippen molar-refractivity contribution in [1.82, 2.24) is 5.32 Å². The van der Waals surface area contributed by atoms with E-state index < -0.39 is 4.92 Å². The normalized spacial score (nSPS) is 9.95. The lowest BCUT2D eigenvalue weighted by molar-refractivity contribution is -0.384. The molecule has 0 aromatic heterocycles. The number of nitrogens with one attached hydrogen (secondary N) is 1. The lowest BCUT2D eigenvalue weighted by Gasteiger charge is -2.07. The highest BCUT2D eigenvalue weighted by molar-refractivity contribution is 5.77. The number of carbonyl (C=O) groups is 1. The van der Waals surface area contributed by atoms with Crippen LogP contribution in [-0.2, 0) is 4.79 Å². The number of amides is 1. The number of nitro groups is 1. The van der Waals surface area contributed by atoms with Gasteiger partial charge in [-0.25, -0.2) is 0 Å². The number of benzene rings is 1. The van der Waals surface area contributed by atoms with E-state index in [0.717, 1.165) is 12.8 Å². The fourth-order valence-corrected chi connectivity index (χ4v) is 1.38. The van der Waals surface area contributed by atoms with Gasteiger partial charge in [0.15, 0.2) is 6.61 Å². The predicted molar refractivity (Wildman–Crippen MR) is 69.9 cm³/mol. The van der Waals surface area contributed by atoms with Crippen molar-refractivity contribution in [2.45, 2.75) is 12.8 Å². The highest BCUT2D eigenvalue weighted by Gasteiger charge is 2.07. The van der Waals surface area contributed by atoms with Crippen molar-refractivity contribution in [2.75, 3.05) is 19.7 Å². The molecule has 0 saturated carbocycles. The zero-order valence-corrected chi connectivity index (χ0v) is 10.5. The van der Waals surface area contributed by atoms with Crippen LogP contribution >= 0.6 is 0 Å². The molecule has 0 unspecified atom stereocenters. The molecule has 7 heteroatoms. The van der Waals surface area contributed by atoms with Crippen LogP contribution in [0, 0.1) is 10.1 Å². The summed E-state index contributed by atoms with van der Waals surface area (Å²) in [6.07, 6.45) is 1.67. The third-order valence-corrected chi connectivity index (χ3v) is 2.35. The molecule has 0 bridgehead atoms. The number of hydrogen-bond donors (Lipinski definition) is 2. The molecule has 1 aromatic carbocycles. The SMILES string of the molecule is NCCCCNC(=O)COc1cccc([N+](=O)[O-])c1. The van der Waals surface area contributed by atoms with E-state index >= 15 is 0 Å². The van der Waals surface area contributed by atoms with Crippen molar-refractivity contribution >= 4 is 11.6 Å². The fourth-order valence-electron chi connectivity index (χ4n) is 1.38. The molecule has 0 saturated heterocycles. The van der Waals surface area contributed by atoms with Crippen molar-refractivity contribution in [3.63, 3.8) is 0 Å². The Morgan fingerprint density at radius 3 is 2.89 bits per heavy atom. The van der Waals surface area contributed by atoms with Gasteiger partial charge < -0.3 is 15.8 Å². The first-order valence-electron chi connectivity index (χ1n) is 5.97. The second-order valence-corrected chi connectivity index (χ2v) is 3.89. The van der Waals surface area contributed by atoms with Crippen LogP contribution in [0.1, 0.15) is 12.8 Å². The van der Waals surface area contributed by atoms with E-state index in [2.05, 4.69) is 5.32 Å². The van der Waals surface area contributed by atoms with Crippen molar-refractivity contribution in [3.8, 4) is 5.75 Å². The van der Waals surface area contributed by atoms with Crippen LogP contribution in [0.25, 0.3) is 0 Å². The summed E-state index contributed by atoms with van der Waals surface area (Å²) in [5, 5.41) is 13.2. The molecule has 0 aliphatic rings. The summed E-state index contributed by atoms with van der Waals surface area (Å²) in [5.41, 5.74) is 5.26. The number of hydrogen-bond acceptors (Lipinski definition) is 5. The molecular weight excluding hydrogens is 250 g/mol. The molecular formula is C12H17N3O4. The Bertz CT molecular complexity index is 437. The van der Waals surface area contributed by atoms with Crippen molar-refractivity contribution in [1.29, 1.82) is 0 Å². The number of carbonyl (C=O) groups excluding carboxylic acids is 1. The molecule has 0 aliphatic carbocycles. The van der Waals surface area contributed by atoms with Gasteiger partial charge in [-0.3, -0.25) is 14.9 Å². The van der Waals surface area contributed by atoms with E-state index in [9.17, 15) is 14.9 Å². The first-order valence-corrected chi connectivity index (χ1v) is 5.97. The van der Waals surface area contributed by atoms with Crippen LogP contribution in [0.4, 0.5) is 5.69 Å². The predicted octanol–water partition coefficient (Wildman–Crippen LogP) is 0.829. The monoisotopic (exact) mass is 267 g/mol. The average Bonchev–Trinajstić information content (AvgIpc) is 2.41. The lowest BCUT2D eigenvalue weighted by Crippen LogP contribution is -2.29. The molecule has 1 amide bonds. The Kier molecular flexibility index (Phi) is 6.31. The molecule has 0 atom stereocenters. The molecule has 19 heavy (non-hydrogen) atoms. The van der Waals surface area contributed by atoms with Gasteiger partial charge in [0.1, 0.15) is 5.75 Å². The second kappa shape index (κ2) is 8.04. The number of nitro benzene ring substituents is 1. The topological polar surface area (TPSA) is 107 Å². The van der Waals surface area contributed by atoms with Crippen LogP contribution < -0.4 is 15.8 Å². The zero-order chi connectivity index (χ0) is 14.1. The van der Waals surface area contributed by atoms with E-state index in [-0.39, 0.29) is 18.2 Å². The van der Waals surface area contributed by atoms with Gasteiger partial charge >= 0.3 is 0 Å². The number of unbranched alkanes of at least 4 members (excludes halogenated alkanes) is 1. The molecule has 1 aromatic rings. The van der Waals surface area contributed by atoms with Crippen LogP contribution in [-0.4, -0.2) is 30.5 Å². The average molecular weight is 267 g/mol. The minimum atomic E-state index is -0.514. The first-order chi connectivity index (χ1) is 9.13. The largest absolute Gasteiger partial charge is 0.484 e. The summed E-state index contributed by atoms with van der Waals surface area (Å²) in [4.78, 5) is 21.4. The molecule has 0 spiro atoms. The summed E-state index contributed by atoms with van der Waals surface area (Å²) in [5.74, 6) is 0.0369. The Morgan fingerprint density at radius 1 is 1.42 bits per heavy atom. The molecule has 7 nitrogen and oxygen atoms in total. The number of rotatable bonds is 8. The van der Waals surface area contributed by atoms with Gasteiger partial charge in [-0.15, -0.1) is 0 Å². The van der Waals surface area contributed by atoms with Crippen LogP contribution in [0.15, 0.2) is 24.3 Å². The van der Waals surface area contributed by atoms with Crippen molar-refractivity contribution in [2.24, 2.45) is 5.73 Å². The molecule has 104 valence electrons. The minimum Gasteiger partial charge on any atom is -0.484 e. The van der Waals surface area contributed by atoms with Crippen LogP contribution in [0.3, 0.4) is 0 Å². The highest BCUT2D eigenvalue weighted by atomic mass is 16.6. The Hall–Kier alpha value is -2.15. The van der Waals surface area contributed by atoms with Crippen molar-refractivity contribution < 1.29 is 14.5 Å². The lowest BCUT2D eigenvalue weighted by atomic mass is 10.3. The minimum absolute atomic E-state index is 0.0687. The first kappa shape index (κ1) is 14.9. The van der Waals surface area contributed by atoms with Gasteiger partial charge in [0.05, 0.1) is 11.0 Å². The molecule has 0 fully saturated rings. The third kappa shape index (κ3) is 5.82. The maximum Gasteiger partial charge on any atom is 0.273 e. The Morgan fingerprint density at radius 2 is 2.21 bits per heavy atom. The quantitative estimate of drug-likeness (QED) is 0.412. The van der Waals surface area contributed by atoms with E-state index in [0.29, 0.717) is 18.8 Å². The van der Waals surface area contributed by atoms with Crippen LogP contribution in [0.2, 0.25) is 0 Å². The highest BCUT2D eigenvalue weighted by Crippen LogP contribution is 2.18. The summed E-state index contributed by atoms with van der Waals surface area (Å²) >= 11 is 0. The van der Waals surface area contributed by atoms with Gasteiger partial charge in [0.2, 0.25) is 0 Å². The summed E-state index contributed by atoms with van der Waals surface area (Å²) < 4.78 is 5.17. The number of nitrogens with zero attached hydrogens (tertiary/aromatic N) is 1. The Labute approximate surface area is 110 Å². The molecule has 0 aliphatic heterocycles. The van der Waals surface area contributed by atoms with E-state index in [1.165, 1.54) is 18.2 Å². The van der Waals surface area contributed by atoms with Crippen molar-refractivity contribution in [3.05, 3.63) is 34.4 Å². The summed E-state index contributed by atoms with van der Waals surface area (Å²) in [6.45, 7) is 0.984. The van der Waals surface area contributed by atoms with Gasteiger partial charge in [-0.2, -0.15) is 0 Å². The molecule has 0 radical (unpaired) electrons. The van der Waals surface area contributed by atoms with Crippen LogP contribution in [0.5, 0.6) is 5.75 Å². The molecule has 0 heterocycles. The van der Waals surface area contributed by atoms with Gasteiger partial charge in [0.25, 0.3) is 11.6 Å². The maximum atomic E-state index is 11.4. The summed E-state index contributed by atoms with van der Waals surface area (Å²) in [7, 11) is 0. The number of ether oxygens (including phenoxy) is 1. The number of non-ortho nitro benzene ring substituents is 1. The third-order valence-electron chi connectivity index (χ3n) is 2.35. The molecule has 3 N–H and O–H groups in total. The van der Waals surface area contributed by atoms with Gasteiger partial charge in [-0.05, 0) is 25.5 Å². The smallest absolute Gasteiger partial charge is 0.273 e. The standard InChI is InChI=1S/C12H17N3O4/c13-6-1-2-7-14-12(16)9-19-11-5-3-4-10(8-11)15(17)18/h3-5,8H,1-2,6-7,9,13H2,(H,14,16). The second-order valence-electron chi connectivity index (χ2n) is 3.89. The molecule has 1 rings (SSSR count).